The lowest BCUT2D eigenvalue weighted by molar-refractivity contribution is 0.197. The van der Waals surface area contributed by atoms with Crippen LogP contribution in [0.5, 0.6) is 5.75 Å². The van der Waals surface area contributed by atoms with E-state index in [0.717, 1.165) is 37.3 Å². The molecule has 1 aliphatic rings. The summed E-state index contributed by atoms with van der Waals surface area (Å²) in [5.41, 5.74) is 1.10. The number of ether oxygens (including phenoxy) is 1. The van der Waals surface area contributed by atoms with Crippen LogP contribution < -0.4 is 4.74 Å². The zero-order chi connectivity index (χ0) is 14.8. The van der Waals surface area contributed by atoms with E-state index in [1.807, 2.05) is 18.2 Å². The molecule has 2 aromatic heterocycles. The quantitative estimate of drug-likeness (QED) is 0.740. The molecule has 5 heteroatoms. The Morgan fingerprint density at radius 3 is 3.05 bits per heavy atom. The molecule has 0 bridgehead atoms. The maximum Gasteiger partial charge on any atom is 0.138 e. The monoisotopic (exact) mass is 311 g/mol. The van der Waals surface area contributed by atoms with E-state index in [9.17, 15) is 0 Å². The van der Waals surface area contributed by atoms with E-state index < -0.39 is 0 Å². The number of rotatable bonds is 4. The molecule has 0 amide bonds. The van der Waals surface area contributed by atoms with Gasteiger partial charge in [-0.3, -0.25) is 9.88 Å². The number of fused-ring (bicyclic) bond motifs is 1. The summed E-state index contributed by atoms with van der Waals surface area (Å²) in [6, 6.07) is 12.2. The number of hydrogen-bond donors (Lipinski definition) is 0. The van der Waals surface area contributed by atoms with Crippen LogP contribution in [0, 0.1) is 0 Å². The van der Waals surface area contributed by atoms with Crippen molar-refractivity contribution in [3.63, 3.8) is 0 Å². The van der Waals surface area contributed by atoms with Crippen LogP contribution in [0.3, 0.4) is 0 Å². The third-order valence-electron chi connectivity index (χ3n) is 3.86. The highest BCUT2D eigenvalue weighted by Crippen LogP contribution is 2.24. The Kier molecular flexibility index (Phi) is 3.74. The van der Waals surface area contributed by atoms with Crippen LogP contribution >= 0.6 is 11.3 Å². The summed E-state index contributed by atoms with van der Waals surface area (Å²) in [5.74, 6) is 0.856. The molecule has 0 spiro atoms. The van der Waals surface area contributed by atoms with Crippen molar-refractivity contribution in [2.75, 3.05) is 13.1 Å². The minimum Gasteiger partial charge on any atom is -0.487 e. The first-order chi connectivity index (χ1) is 10.9. The maximum atomic E-state index is 5.98. The first kappa shape index (κ1) is 13.7. The molecular weight excluding hydrogens is 294 g/mol. The van der Waals surface area contributed by atoms with E-state index in [2.05, 4.69) is 28.1 Å². The number of pyridine rings is 1. The number of thiazole rings is 1. The average molecular weight is 311 g/mol. The Morgan fingerprint density at radius 1 is 1.23 bits per heavy atom. The van der Waals surface area contributed by atoms with Crippen molar-refractivity contribution >= 4 is 21.6 Å². The summed E-state index contributed by atoms with van der Waals surface area (Å²) in [4.78, 5) is 11.2. The van der Waals surface area contributed by atoms with Crippen molar-refractivity contribution in [3.05, 3.63) is 53.8 Å². The van der Waals surface area contributed by atoms with Gasteiger partial charge in [-0.05, 0) is 30.7 Å². The molecule has 22 heavy (non-hydrogen) atoms. The van der Waals surface area contributed by atoms with E-state index in [4.69, 9.17) is 9.72 Å². The van der Waals surface area contributed by atoms with Gasteiger partial charge < -0.3 is 4.74 Å². The molecule has 4 nitrogen and oxygen atoms in total. The van der Waals surface area contributed by atoms with Crippen molar-refractivity contribution in [2.24, 2.45) is 0 Å². The third-order valence-corrected chi connectivity index (χ3v) is 4.88. The summed E-state index contributed by atoms with van der Waals surface area (Å²) in [6.45, 7) is 2.91. The number of aromatic nitrogens is 2. The standard InChI is InChI=1S/C17H17N3OS/c1-2-6-16-15(5-1)19-17(22-16)12-20-9-7-14(11-20)21-13-4-3-8-18-10-13/h1-6,8,10,14H,7,9,11-12H2. The number of benzene rings is 1. The van der Waals surface area contributed by atoms with Gasteiger partial charge in [-0.1, -0.05) is 12.1 Å². The SMILES string of the molecule is c1cncc(OC2CCN(Cc3nc4ccccc4s3)C2)c1. The molecule has 3 aromatic rings. The van der Waals surface area contributed by atoms with Gasteiger partial charge in [-0.15, -0.1) is 11.3 Å². The predicted octanol–water partition coefficient (Wildman–Crippen LogP) is 3.34. The van der Waals surface area contributed by atoms with Crippen molar-refractivity contribution < 1.29 is 4.74 Å². The van der Waals surface area contributed by atoms with Gasteiger partial charge in [0.05, 0.1) is 23.0 Å². The van der Waals surface area contributed by atoms with Crippen LogP contribution in [-0.2, 0) is 6.54 Å². The van der Waals surface area contributed by atoms with Crippen LogP contribution in [-0.4, -0.2) is 34.1 Å². The topological polar surface area (TPSA) is 38.2 Å². The summed E-state index contributed by atoms with van der Waals surface area (Å²) in [7, 11) is 0. The highest BCUT2D eigenvalue weighted by atomic mass is 32.1. The molecule has 0 N–H and O–H groups in total. The van der Waals surface area contributed by atoms with E-state index >= 15 is 0 Å². The van der Waals surface area contributed by atoms with Crippen LogP contribution in [0.1, 0.15) is 11.4 Å². The van der Waals surface area contributed by atoms with E-state index in [1.165, 1.54) is 9.71 Å². The van der Waals surface area contributed by atoms with Gasteiger partial charge in [0.25, 0.3) is 0 Å². The van der Waals surface area contributed by atoms with Crippen molar-refractivity contribution in [3.8, 4) is 5.75 Å². The molecule has 0 radical (unpaired) electrons. The van der Waals surface area contributed by atoms with Gasteiger partial charge in [0.1, 0.15) is 16.9 Å². The van der Waals surface area contributed by atoms with Crippen molar-refractivity contribution in [1.82, 2.24) is 14.9 Å². The van der Waals surface area contributed by atoms with Crippen molar-refractivity contribution in [2.45, 2.75) is 19.1 Å². The van der Waals surface area contributed by atoms with E-state index in [0.29, 0.717) is 0 Å². The number of para-hydroxylation sites is 1. The number of nitrogens with zero attached hydrogens (tertiary/aromatic N) is 3. The molecule has 3 heterocycles. The van der Waals surface area contributed by atoms with Crippen LogP contribution in [0.25, 0.3) is 10.2 Å². The lowest BCUT2D eigenvalue weighted by Gasteiger charge is -2.15. The number of hydrogen-bond acceptors (Lipinski definition) is 5. The fraction of sp³-hybridized carbons (Fsp3) is 0.294. The second-order valence-corrected chi connectivity index (χ2v) is 6.64. The molecule has 1 aliphatic heterocycles. The summed E-state index contributed by atoms with van der Waals surface area (Å²) >= 11 is 1.79. The Balaban J connectivity index is 1.38. The molecule has 1 saturated heterocycles. The lowest BCUT2D eigenvalue weighted by atomic mass is 10.3. The average Bonchev–Trinajstić information content (AvgIpc) is 3.14. The van der Waals surface area contributed by atoms with Gasteiger partial charge >= 0.3 is 0 Å². The highest BCUT2D eigenvalue weighted by molar-refractivity contribution is 7.18. The second kappa shape index (κ2) is 6.02. The minimum absolute atomic E-state index is 0.249. The summed E-state index contributed by atoms with van der Waals surface area (Å²) < 4.78 is 7.24. The fourth-order valence-corrected chi connectivity index (χ4v) is 3.83. The smallest absolute Gasteiger partial charge is 0.138 e. The van der Waals surface area contributed by atoms with Crippen LogP contribution in [0.4, 0.5) is 0 Å². The van der Waals surface area contributed by atoms with Crippen molar-refractivity contribution in [1.29, 1.82) is 0 Å². The van der Waals surface area contributed by atoms with Crippen LogP contribution in [0.15, 0.2) is 48.8 Å². The third kappa shape index (κ3) is 2.96. The largest absolute Gasteiger partial charge is 0.487 e. The molecule has 112 valence electrons. The lowest BCUT2D eigenvalue weighted by Crippen LogP contribution is -2.24. The first-order valence-corrected chi connectivity index (χ1v) is 8.32. The Bertz CT molecular complexity index is 726. The van der Waals surface area contributed by atoms with Crippen LogP contribution in [0.2, 0.25) is 0 Å². The summed E-state index contributed by atoms with van der Waals surface area (Å²) in [6.07, 6.45) is 4.84. The molecule has 1 fully saturated rings. The Morgan fingerprint density at radius 2 is 2.18 bits per heavy atom. The zero-order valence-corrected chi connectivity index (χ0v) is 13.0. The van der Waals surface area contributed by atoms with E-state index in [-0.39, 0.29) is 6.10 Å². The Labute approximate surface area is 133 Å². The zero-order valence-electron chi connectivity index (χ0n) is 12.2. The van der Waals surface area contributed by atoms with Gasteiger partial charge in [-0.25, -0.2) is 4.98 Å². The van der Waals surface area contributed by atoms with Gasteiger partial charge in [0.15, 0.2) is 0 Å². The van der Waals surface area contributed by atoms with Gasteiger partial charge in [0.2, 0.25) is 0 Å². The predicted molar refractivity (Wildman–Crippen MR) is 88.2 cm³/mol. The second-order valence-electron chi connectivity index (χ2n) is 5.53. The molecular formula is C17H17N3OS. The fourth-order valence-electron chi connectivity index (χ4n) is 2.83. The molecule has 0 saturated carbocycles. The first-order valence-electron chi connectivity index (χ1n) is 7.50. The minimum atomic E-state index is 0.249. The number of likely N-dealkylation sites (tertiary alicyclic amines) is 1. The molecule has 1 aromatic carbocycles. The van der Waals surface area contributed by atoms with Gasteiger partial charge in [-0.2, -0.15) is 0 Å². The summed E-state index contributed by atoms with van der Waals surface area (Å²) in [5, 5.41) is 1.18. The maximum absolute atomic E-state index is 5.98. The van der Waals surface area contributed by atoms with E-state index in [1.54, 1.807) is 23.7 Å². The van der Waals surface area contributed by atoms with Gasteiger partial charge in [0, 0.05) is 19.3 Å². The molecule has 0 aliphatic carbocycles. The Hall–Kier alpha value is -1.98. The molecule has 1 unspecified atom stereocenters. The normalized spacial score (nSPS) is 18.8. The molecule has 4 rings (SSSR count). The molecule has 1 atom stereocenters. The highest BCUT2D eigenvalue weighted by Gasteiger charge is 2.24.